The van der Waals surface area contributed by atoms with Crippen LogP contribution < -0.4 is 4.90 Å². The third-order valence-corrected chi connectivity index (χ3v) is 8.89. The molecule has 0 bridgehead atoms. The summed E-state index contributed by atoms with van der Waals surface area (Å²) in [5.41, 5.74) is 4.65. The van der Waals surface area contributed by atoms with Crippen LogP contribution in [0, 0.1) is 0 Å². The summed E-state index contributed by atoms with van der Waals surface area (Å²) in [7, 11) is 0. The SMILES string of the molecule is CC12CCCCC1(C)N(c1cc3ccccc3n1-c1ccccc1)c1c2ccc(Cl)c1Cl. The Morgan fingerprint density at radius 2 is 1.53 bits per heavy atom. The number of nitrogens with zero attached hydrogens (tertiary/aromatic N) is 2. The van der Waals surface area contributed by atoms with E-state index in [1.54, 1.807) is 0 Å². The Kier molecular flexibility index (Phi) is 4.44. The van der Waals surface area contributed by atoms with Gasteiger partial charge >= 0.3 is 0 Å². The second-order valence-corrected chi connectivity index (χ2v) is 10.4. The van der Waals surface area contributed by atoms with Crippen molar-refractivity contribution in [1.82, 2.24) is 4.57 Å². The average Bonchev–Trinajstić information content (AvgIpc) is 3.27. The second kappa shape index (κ2) is 7.04. The summed E-state index contributed by atoms with van der Waals surface area (Å²) in [5, 5.41) is 2.49. The lowest BCUT2D eigenvalue weighted by atomic mass is 9.61. The fraction of sp³-hybridized carbons (Fsp3) is 0.286. The summed E-state index contributed by atoms with van der Waals surface area (Å²) in [6.07, 6.45) is 4.72. The third-order valence-electron chi connectivity index (χ3n) is 8.09. The molecule has 0 radical (unpaired) electrons. The zero-order valence-corrected chi connectivity index (χ0v) is 19.9. The van der Waals surface area contributed by atoms with Crippen molar-refractivity contribution in [2.24, 2.45) is 0 Å². The van der Waals surface area contributed by atoms with E-state index >= 15 is 0 Å². The van der Waals surface area contributed by atoms with Crippen LogP contribution in [0.25, 0.3) is 16.6 Å². The van der Waals surface area contributed by atoms with Gasteiger partial charge < -0.3 is 4.90 Å². The lowest BCUT2D eigenvalue weighted by Crippen LogP contribution is -2.55. The highest BCUT2D eigenvalue weighted by atomic mass is 35.5. The summed E-state index contributed by atoms with van der Waals surface area (Å²) in [6.45, 7) is 4.84. The third kappa shape index (κ3) is 2.54. The molecule has 1 aliphatic carbocycles. The van der Waals surface area contributed by atoms with E-state index in [2.05, 4.69) is 90.0 Å². The smallest absolute Gasteiger partial charge is 0.119 e. The van der Waals surface area contributed by atoms with Crippen molar-refractivity contribution < 1.29 is 0 Å². The molecule has 0 saturated heterocycles. The topological polar surface area (TPSA) is 8.17 Å². The molecule has 1 fully saturated rings. The first kappa shape index (κ1) is 20.2. The van der Waals surface area contributed by atoms with Crippen molar-refractivity contribution >= 4 is 45.6 Å². The fourth-order valence-corrected chi connectivity index (χ4v) is 6.65. The first-order chi connectivity index (χ1) is 15.5. The molecule has 32 heavy (non-hydrogen) atoms. The zero-order chi connectivity index (χ0) is 22.1. The molecular weight excluding hydrogens is 435 g/mol. The van der Waals surface area contributed by atoms with Gasteiger partial charge in [0.15, 0.2) is 0 Å². The van der Waals surface area contributed by atoms with Crippen LogP contribution in [0.2, 0.25) is 10.0 Å². The van der Waals surface area contributed by atoms with Crippen molar-refractivity contribution in [2.75, 3.05) is 4.90 Å². The predicted octanol–water partition coefficient (Wildman–Crippen LogP) is 8.68. The first-order valence-electron chi connectivity index (χ1n) is 11.4. The van der Waals surface area contributed by atoms with Crippen LogP contribution in [0.1, 0.15) is 45.1 Å². The van der Waals surface area contributed by atoms with E-state index in [-0.39, 0.29) is 11.0 Å². The van der Waals surface area contributed by atoms with Gasteiger partial charge in [-0.15, -0.1) is 0 Å². The molecule has 6 rings (SSSR count). The normalized spacial score (nSPS) is 24.6. The number of para-hydroxylation sites is 2. The Balaban J connectivity index is 1.72. The number of rotatable bonds is 2. The summed E-state index contributed by atoms with van der Waals surface area (Å²) in [5.74, 6) is 1.15. The van der Waals surface area contributed by atoms with E-state index in [4.69, 9.17) is 23.2 Å². The van der Waals surface area contributed by atoms with E-state index in [0.717, 1.165) is 30.0 Å². The molecule has 0 spiro atoms. The largest absolute Gasteiger partial charge is 0.319 e. The number of fused-ring (bicyclic) bond motifs is 4. The maximum atomic E-state index is 6.99. The molecule has 4 aromatic rings. The standard InChI is InChI=1S/C28H26Cl2N2/c1-27-16-8-9-17-28(27,2)32(26-21(27)14-15-22(29)25(26)30)24-18-19-10-6-7-13-23(19)31(24)20-11-4-3-5-12-20/h3-7,10-15,18H,8-9,16-17H2,1-2H3. The molecule has 0 N–H and O–H groups in total. The van der Waals surface area contributed by atoms with Gasteiger partial charge in [-0.3, -0.25) is 4.57 Å². The van der Waals surface area contributed by atoms with Gasteiger partial charge in [-0.2, -0.15) is 0 Å². The van der Waals surface area contributed by atoms with Gasteiger partial charge in [-0.05, 0) is 55.7 Å². The number of aromatic nitrogens is 1. The van der Waals surface area contributed by atoms with Gasteiger partial charge in [0.2, 0.25) is 0 Å². The molecule has 2 unspecified atom stereocenters. The Morgan fingerprint density at radius 1 is 0.812 bits per heavy atom. The first-order valence-corrected chi connectivity index (χ1v) is 12.2. The van der Waals surface area contributed by atoms with Crippen LogP contribution >= 0.6 is 23.2 Å². The predicted molar refractivity (Wildman–Crippen MR) is 136 cm³/mol. The highest BCUT2D eigenvalue weighted by molar-refractivity contribution is 6.44. The zero-order valence-electron chi connectivity index (χ0n) is 18.4. The molecular formula is C28H26Cl2N2. The van der Waals surface area contributed by atoms with Crippen LogP contribution in [0.4, 0.5) is 11.5 Å². The average molecular weight is 461 g/mol. The van der Waals surface area contributed by atoms with Crippen LogP contribution in [0.5, 0.6) is 0 Å². The lowest BCUT2D eigenvalue weighted by molar-refractivity contribution is 0.194. The minimum absolute atomic E-state index is 0.00673. The molecule has 2 heterocycles. The second-order valence-electron chi connectivity index (χ2n) is 9.64. The molecule has 2 atom stereocenters. The van der Waals surface area contributed by atoms with Gasteiger partial charge in [-0.25, -0.2) is 0 Å². The molecule has 1 aliphatic heterocycles. The number of halogens is 2. The molecule has 2 aliphatic rings. The molecule has 162 valence electrons. The summed E-state index contributed by atoms with van der Waals surface area (Å²) in [6, 6.07) is 25.7. The van der Waals surface area contributed by atoms with E-state index in [0.29, 0.717) is 10.0 Å². The van der Waals surface area contributed by atoms with E-state index < -0.39 is 0 Å². The van der Waals surface area contributed by atoms with Crippen molar-refractivity contribution in [1.29, 1.82) is 0 Å². The van der Waals surface area contributed by atoms with Gasteiger partial charge in [0.05, 0.1) is 26.8 Å². The van der Waals surface area contributed by atoms with E-state index in [1.807, 2.05) is 6.07 Å². The van der Waals surface area contributed by atoms with Crippen LogP contribution in [-0.2, 0) is 5.41 Å². The van der Waals surface area contributed by atoms with Crippen molar-refractivity contribution in [3.8, 4) is 5.69 Å². The lowest BCUT2D eigenvalue weighted by Gasteiger charge is -2.50. The van der Waals surface area contributed by atoms with Gasteiger partial charge in [0.25, 0.3) is 0 Å². The minimum atomic E-state index is -0.0944. The highest BCUT2D eigenvalue weighted by Crippen LogP contribution is 2.63. The van der Waals surface area contributed by atoms with Crippen LogP contribution in [-0.4, -0.2) is 10.1 Å². The van der Waals surface area contributed by atoms with Crippen molar-refractivity contribution in [2.45, 2.75) is 50.5 Å². The number of anilines is 2. The number of hydrogen-bond acceptors (Lipinski definition) is 1. The molecule has 1 aromatic heterocycles. The molecule has 2 nitrogen and oxygen atoms in total. The van der Waals surface area contributed by atoms with Crippen LogP contribution in [0.15, 0.2) is 72.8 Å². The van der Waals surface area contributed by atoms with E-state index in [1.165, 1.54) is 29.3 Å². The van der Waals surface area contributed by atoms with Gasteiger partial charge in [0, 0.05) is 16.5 Å². The summed E-state index contributed by atoms with van der Waals surface area (Å²) >= 11 is 13.6. The Hall–Kier alpha value is -2.42. The Labute approximate surface area is 199 Å². The fourth-order valence-electron chi connectivity index (χ4n) is 6.25. The van der Waals surface area contributed by atoms with Crippen LogP contribution in [0.3, 0.4) is 0 Å². The quantitative estimate of drug-likeness (QED) is 0.290. The van der Waals surface area contributed by atoms with E-state index in [9.17, 15) is 0 Å². The Bertz CT molecular complexity index is 1340. The van der Waals surface area contributed by atoms with Crippen molar-refractivity contribution in [3.63, 3.8) is 0 Å². The molecule has 1 saturated carbocycles. The summed E-state index contributed by atoms with van der Waals surface area (Å²) in [4.78, 5) is 2.52. The van der Waals surface area contributed by atoms with Gasteiger partial charge in [0.1, 0.15) is 5.82 Å². The number of hydrogen-bond donors (Lipinski definition) is 0. The molecule has 4 heteroatoms. The summed E-state index contributed by atoms with van der Waals surface area (Å²) < 4.78 is 2.38. The maximum absolute atomic E-state index is 6.99. The maximum Gasteiger partial charge on any atom is 0.119 e. The van der Waals surface area contributed by atoms with Gasteiger partial charge in [-0.1, -0.05) is 85.4 Å². The van der Waals surface area contributed by atoms with Crippen molar-refractivity contribution in [3.05, 3.63) is 88.4 Å². The monoisotopic (exact) mass is 460 g/mol. The highest BCUT2D eigenvalue weighted by Gasteiger charge is 2.59. The number of benzene rings is 3. The minimum Gasteiger partial charge on any atom is -0.319 e. The molecule has 0 amide bonds. The Morgan fingerprint density at radius 3 is 2.34 bits per heavy atom. The molecule has 3 aromatic carbocycles.